The summed E-state index contributed by atoms with van der Waals surface area (Å²) >= 11 is 0. The molecule has 1 aromatic rings. The molecule has 6 nitrogen and oxygen atoms in total. The molecule has 6 heteroatoms. The standard InChI is InChI=1S/C12H18N4O2/c1-7-14-11(15-18-7)12(17)16-5-8-2-3-10(13)4-9(8)6-16/h8-10H,2-6,13H2,1H3/t8-,9+,10?/m1/s1. The fourth-order valence-electron chi connectivity index (χ4n) is 3.16. The van der Waals surface area contributed by atoms with Gasteiger partial charge in [-0.3, -0.25) is 4.79 Å². The van der Waals surface area contributed by atoms with Crippen LogP contribution in [0.15, 0.2) is 4.52 Å². The van der Waals surface area contributed by atoms with Gasteiger partial charge in [0.05, 0.1) is 0 Å². The number of nitrogens with zero attached hydrogens (tertiary/aromatic N) is 3. The lowest BCUT2D eigenvalue weighted by Gasteiger charge is -2.27. The maximum Gasteiger partial charge on any atom is 0.295 e. The average molecular weight is 250 g/mol. The summed E-state index contributed by atoms with van der Waals surface area (Å²) in [6.45, 7) is 3.28. The summed E-state index contributed by atoms with van der Waals surface area (Å²) in [7, 11) is 0. The Balaban J connectivity index is 1.70. The Labute approximate surface area is 106 Å². The number of carbonyl (C=O) groups is 1. The van der Waals surface area contributed by atoms with E-state index in [2.05, 4.69) is 10.1 Å². The summed E-state index contributed by atoms with van der Waals surface area (Å²) in [6, 6.07) is 0.300. The van der Waals surface area contributed by atoms with Crippen LogP contribution in [0.3, 0.4) is 0 Å². The fraction of sp³-hybridized carbons (Fsp3) is 0.750. The van der Waals surface area contributed by atoms with Crippen LogP contribution < -0.4 is 5.73 Å². The predicted octanol–water partition coefficient (Wildman–Crippen LogP) is 0.577. The average Bonchev–Trinajstić information content (AvgIpc) is 2.93. The SMILES string of the molecule is Cc1nc(C(=O)N2C[C@H]3CCC(N)C[C@H]3C2)no1. The van der Waals surface area contributed by atoms with Crippen LogP contribution in [0.25, 0.3) is 0 Å². The molecule has 0 bridgehead atoms. The Hall–Kier alpha value is -1.43. The maximum absolute atomic E-state index is 12.2. The Morgan fingerprint density at radius 1 is 1.39 bits per heavy atom. The third-order valence-corrected chi connectivity index (χ3v) is 4.10. The second kappa shape index (κ2) is 4.35. The second-order valence-electron chi connectivity index (χ2n) is 5.44. The molecule has 3 rings (SSSR count). The van der Waals surface area contributed by atoms with Crippen LogP contribution in [0.5, 0.6) is 0 Å². The minimum absolute atomic E-state index is 0.116. The highest BCUT2D eigenvalue weighted by molar-refractivity contribution is 5.90. The summed E-state index contributed by atoms with van der Waals surface area (Å²) < 4.78 is 4.85. The second-order valence-corrected chi connectivity index (χ2v) is 5.44. The number of nitrogens with two attached hydrogens (primary N) is 1. The highest BCUT2D eigenvalue weighted by atomic mass is 16.5. The van der Waals surface area contributed by atoms with Crippen LogP contribution in [0.1, 0.15) is 35.8 Å². The molecule has 0 spiro atoms. The molecule has 3 atom stereocenters. The van der Waals surface area contributed by atoms with Gasteiger partial charge < -0.3 is 15.2 Å². The van der Waals surface area contributed by atoms with E-state index in [1.54, 1.807) is 6.92 Å². The van der Waals surface area contributed by atoms with Crippen molar-refractivity contribution in [2.75, 3.05) is 13.1 Å². The van der Waals surface area contributed by atoms with Gasteiger partial charge in [0.1, 0.15) is 0 Å². The van der Waals surface area contributed by atoms with E-state index in [-0.39, 0.29) is 11.7 Å². The Morgan fingerprint density at radius 3 is 2.89 bits per heavy atom. The number of amides is 1. The molecule has 1 aromatic heterocycles. The topological polar surface area (TPSA) is 85.2 Å². The summed E-state index contributed by atoms with van der Waals surface area (Å²) in [5.41, 5.74) is 5.98. The zero-order valence-corrected chi connectivity index (χ0v) is 10.5. The molecular formula is C12H18N4O2. The Morgan fingerprint density at radius 2 is 2.17 bits per heavy atom. The van der Waals surface area contributed by atoms with E-state index in [9.17, 15) is 4.79 Å². The number of hydrogen-bond acceptors (Lipinski definition) is 5. The minimum atomic E-state index is -0.116. The van der Waals surface area contributed by atoms with Crippen LogP contribution in [0.4, 0.5) is 0 Å². The number of likely N-dealkylation sites (tertiary alicyclic amines) is 1. The number of rotatable bonds is 1. The van der Waals surface area contributed by atoms with Gasteiger partial charge in [0.15, 0.2) is 0 Å². The van der Waals surface area contributed by atoms with Crippen molar-refractivity contribution in [3.8, 4) is 0 Å². The minimum Gasteiger partial charge on any atom is -0.339 e. The van der Waals surface area contributed by atoms with E-state index in [1.165, 1.54) is 0 Å². The molecule has 1 saturated carbocycles. The van der Waals surface area contributed by atoms with Crippen LogP contribution in [0, 0.1) is 18.8 Å². The Bertz CT molecular complexity index is 459. The molecule has 1 aliphatic heterocycles. The number of aromatic nitrogens is 2. The lowest BCUT2D eigenvalue weighted by Crippen LogP contribution is -2.32. The van der Waals surface area contributed by atoms with E-state index < -0.39 is 0 Å². The largest absolute Gasteiger partial charge is 0.339 e. The first-order chi connectivity index (χ1) is 8.63. The van der Waals surface area contributed by atoms with E-state index in [0.717, 1.165) is 32.4 Å². The van der Waals surface area contributed by atoms with Gasteiger partial charge in [-0.1, -0.05) is 5.16 Å². The van der Waals surface area contributed by atoms with Crippen LogP contribution >= 0.6 is 0 Å². The molecule has 1 aliphatic carbocycles. The highest BCUT2D eigenvalue weighted by Crippen LogP contribution is 2.35. The third-order valence-electron chi connectivity index (χ3n) is 4.10. The smallest absolute Gasteiger partial charge is 0.295 e. The van der Waals surface area contributed by atoms with Crippen molar-refractivity contribution in [2.45, 2.75) is 32.2 Å². The summed E-state index contributed by atoms with van der Waals surface area (Å²) in [4.78, 5) is 18.0. The molecule has 0 aromatic carbocycles. The van der Waals surface area contributed by atoms with E-state index in [0.29, 0.717) is 23.8 Å². The van der Waals surface area contributed by atoms with Gasteiger partial charge in [-0.25, -0.2) is 0 Å². The first-order valence-electron chi connectivity index (χ1n) is 6.48. The molecule has 1 amide bonds. The maximum atomic E-state index is 12.2. The van der Waals surface area contributed by atoms with Crippen molar-refractivity contribution in [3.63, 3.8) is 0 Å². The van der Waals surface area contributed by atoms with Gasteiger partial charge in [-0.2, -0.15) is 4.98 Å². The monoisotopic (exact) mass is 250 g/mol. The van der Waals surface area contributed by atoms with Gasteiger partial charge in [-0.15, -0.1) is 0 Å². The number of hydrogen-bond donors (Lipinski definition) is 1. The predicted molar refractivity (Wildman–Crippen MR) is 63.7 cm³/mol. The quantitative estimate of drug-likeness (QED) is 0.788. The molecular weight excluding hydrogens is 232 g/mol. The first-order valence-corrected chi connectivity index (χ1v) is 6.48. The van der Waals surface area contributed by atoms with Crippen LogP contribution in [0.2, 0.25) is 0 Å². The lowest BCUT2D eigenvalue weighted by atomic mass is 9.79. The van der Waals surface area contributed by atoms with Crippen molar-refractivity contribution in [1.29, 1.82) is 0 Å². The first kappa shape index (κ1) is 11.6. The molecule has 2 N–H and O–H groups in total. The van der Waals surface area contributed by atoms with Crippen LogP contribution in [-0.4, -0.2) is 40.1 Å². The van der Waals surface area contributed by atoms with Crippen molar-refractivity contribution in [2.24, 2.45) is 17.6 Å². The van der Waals surface area contributed by atoms with Crippen molar-refractivity contribution < 1.29 is 9.32 Å². The molecule has 2 aliphatic rings. The van der Waals surface area contributed by atoms with E-state index >= 15 is 0 Å². The van der Waals surface area contributed by atoms with Crippen molar-refractivity contribution in [1.82, 2.24) is 15.0 Å². The van der Waals surface area contributed by atoms with Gasteiger partial charge in [-0.05, 0) is 31.1 Å². The van der Waals surface area contributed by atoms with Crippen molar-refractivity contribution in [3.05, 3.63) is 11.7 Å². The molecule has 1 saturated heterocycles. The summed E-state index contributed by atoms with van der Waals surface area (Å²) in [5.74, 6) is 1.63. The molecule has 2 heterocycles. The van der Waals surface area contributed by atoms with Gasteiger partial charge in [0, 0.05) is 26.1 Å². The van der Waals surface area contributed by atoms with Gasteiger partial charge >= 0.3 is 0 Å². The van der Waals surface area contributed by atoms with E-state index in [4.69, 9.17) is 10.3 Å². The molecule has 2 fully saturated rings. The third kappa shape index (κ3) is 2.01. The van der Waals surface area contributed by atoms with Crippen LogP contribution in [-0.2, 0) is 0 Å². The molecule has 18 heavy (non-hydrogen) atoms. The highest BCUT2D eigenvalue weighted by Gasteiger charge is 2.39. The van der Waals surface area contributed by atoms with Gasteiger partial charge in [0.25, 0.3) is 11.7 Å². The summed E-state index contributed by atoms with van der Waals surface area (Å²) in [6.07, 6.45) is 3.23. The zero-order valence-electron chi connectivity index (χ0n) is 10.5. The number of fused-ring (bicyclic) bond motifs is 1. The number of aryl methyl sites for hydroxylation is 1. The molecule has 1 unspecified atom stereocenters. The number of carbonyl (C=O) groups excluding carboxylic acids is 1. The van der Waals surface area contributed by atoms with E-state index in [1.807, 2.05) is 4.90 Å². The van der Waals surface area contributed by atoms with Crippen molar-refractivity contribution >= 4 is 5.91 Å². The Kier molecular flexibility index (Phi) is 2.81. The summed E-state index contributed by atoms with van der Waals surface area (Å²) in [5, 5.41) is 3.69. The normalized spacial score (nSPS) is 31.4. The fourth-order valence-corrected chi connectivity index (χ4v) is 3.16. The molecule has 0 radical (unpaired) electrons. The zero-order chi connectivity index (χ0) is 12.7. The molecule has 98 valence electrons. The van der Waals surface area contributed by atoms with Gasteiger partial charge in [0.2, 0.25) is 5.89 Å². The lowest BCUT2D eigenvalue weighted by molar-refractivity contribution is 0.0768.